The molecule has 0 spiro atoms. The van der Waals surface area contributed by atoms with E-state index in [-0.39, 0.29) is 16.8 Å². The minimum Gasteiger partial charge on any atom is -0.493 e. The molecule has 8 heteroatoms. The smallest absolute Gasteiger partial charge is 0.290 e. The van der Waals surface area contributed by atoms with Crippen LogP contribution in [0.25, 0.3) is 0 Å². The Bertz CT molecular complexity index is 840. The third-order valence-corrected chi connectivity index (χ3v) is 4.24. The zero-order valence-corrected chi connectivity index (χ0v) is 16.0. The van der Waals surface area contributed by atoms with Crippen molar-refractivity contribution in [1.29, 1.82) is 0 Å². The summed E-state index contributed by atoms with van der Waals surface area (Å²) in [6.07, 6.45) is 2.36. The second-order valence-corrected chi connectivity index (χ2v) is 6.34. The third kappa shape index (κ3) is 4.86. The monoisotopic (exact) mass is 396 g/mol. The summed E-state index contributed by atoms with van der Waals surface area (Å²) in [5, 5.41) is 11.4. The van der Waals surface area contributed by atoms with Crippen LogP contribution in [0.5, 0.6) is 11.5 Å². The largest absolute Gasteiger partial charge is 0.493 e. The summed E-state index contributed by atoms with van der Waals surface area (Å²) in [6, 6.07) is 7.75. The van der Waals surface area contributed by atoms with Crippen molar-refractivity contribution in [3.8, 4) is 11.5 Å². The first-order valence-corrected chi connectivity index (χ1v) is 8.63. The van der Waals surface area contributed by atoms with Gasteiger partial charge >= 0.3 is 0 Å². The molecule has 0 saturated heterocycles. The summed E-state index contributed by atoms with van der Waals surface area (Å²) < 4.78 is 11.2. The highest BCUT2D eigenvalue weighted by Gasteiger charge is 2.15. The maximum atomic E-state index is 10.9. The van der Waals surface area contributed by atoms with Crippen LogP contribution in [0.4, 0.5) is 11.4 Å². The number of halogens is 2. The van der Waals surface area contributed by atoms with Gasteiger partial charge in [0.25, 0.3) is 5.69 Å². The van der Waals surface area contributed by atoms with Gasteiger partial charge in [0.2, 0.25) is 0 Å². The highest BCUT2D eigenvalue weighted by molar-refractivity contribution is 6.33. The molecule has 0 bridgehead atoms. The Morgan fingerprint density at radius 1 is 1.27 bits per heavy atom. The SMILES string of the molecule is CC[C@H](C)Oc1c(Cl)cc(C=Nc2ccc(Cl)c([N+](=O)[O-])c2)cc1OC. The molecule has 1 atom stereocenters. The van der Waals surface area contributed by atoms with Gasteiger partial charge in [-0.1, -0.05) is 30.1 Å². The van der Waals surface area contributed by atoms with E-state index in [0.717, 1.165) is 6.42 Å². The number of hydrogen-bond donors (Lipinski definition) is 0. The molecular weight excluding hydrogens is 379 g/mol. The van der Waals surface area contributed by atoms with Crippen LogP contribution in [0.2, 0.25) is 10.0 Å². The van der Waals surface area contributed by atoms with Gasteiger partial charge in [0.1, 0.15) is 5.02 Å². The lowest BCUT2D eigenvalue weighted by Gasteiger charge is -2.17. The zero-order chi connectivity index (χ0) is 19.3. The van der Waals surface area contributed by atoms with Gasteiger partial charge in [-0.25, -0.2) is 0 Å². The fraction of sp³-hybridized carbons (Fsp3) is 0.278. The maximum Gasteiger partial charge on any atom is 0.290 e. The number of methoxy groups -OCH3 is 1. The number of nitro groups is 1. The Labute approximate surface area is 161 Å². The van der Waals surface area contributed by atoms with Crippen LogP contribution in [0.1, 0.15) is 25.8 Å². The van der Waals surface area contributed by atoms with E-state index in [9.17, 15) is 10.1 Å². The van der Waals surface area contributed by atoms with Crippen LogP contribution >= 0.6 is 23.2 Å². The van der Waals surface area contributed by atoms with E-state index in [1.54, 1.807) is 18.2 Å². The van der Waals surface area contributed by atoms with Gasteiger partial charge in [-0.15, -0.1) is 0 Å². The van der Waals surface area contributed by atoms with E-state index in [2.05, 4.69) is 4.99 Å². The molecule has 0 radical (unpaired) electrons. The van der Waals surface area contributed by atoms with Crippen molar-refractivity contribution in [2.24, 2.45) is 4.99 Å². The fourth-order valence-corrected chi connectivity index (χ4v) is 2.53. The summed E-state index contributed by atoms with van der Waals surface area (Å²) in [5.41, 5.74) is 0.867. The molecule has 0 aromatic heterocycles. The van der Waals surface area contributed by atoms with E-state index in [0.29, 0.717) is 27.8 Å². The van der Waals surface area contributed by atoms with Gasteiger partial charge < -0.3 is 9.47 Å². The number of aliphatic imine (C=N–C) groups is 1. The summed E-state index contributed by atoms with van der Waals surface area (Å²) in [4.78, 5) is 14.6. The van der Waals surface area contributed by atoms with E-state index in [4.69, 9.17) is 32.7 Å². The molecule has 0 heterocycles. The van der Waals surface area contributed by atoms with E-state index >= 15 is 0 Å². The fourth-order valence-electron chi connectivity index (χ4n) is 2.08. The van der Waals surface area contributed by atoms with E-state index in [1.807, 2.05) is 13.8 Å². The van der Waals surface area contributed by atoms with Gasteiger partial charge in [0.05, 0.1) is 28.8 Å². The number of nitrogens with zero attached hydrogens (tertiary/aromatic N) is 2. The molecule has 0 aliphatic heterocycles. The Hall–Kier alpha value is -2.31. The first kappa shape index (κ1) is 20.0. The molecule has 0 amide bonds. The number of hydrogen-bond acceptors (Lipinski definition) is 5. The molecule has 26 heavy (non-hydrogen) atoms. The molecule has 2 aromatic rings. The summed E-state index contributed by atoms with van der Waals surface area (Å²) in [6.45, 7) is 3.95. The second kappa shape index (κ2) is 8.87. The minimum atomic E-state index is -0.553. The van der Waals surface area contributed by atoms with Crippen LogP contribution < -0.4 is 9.47 Å². The summed E-state index contributed by atoms with van der Waals surface area (Å²) in [5.74, 6) is 0.962. The van der Waals surface area contributed by atoms with Crippen LogP contribution in [0.15, 0.2) is 35.3 Å². The predicted octanol–water partition coefficient (Wildman–Crippen LogP) is 5.84. The highest BCUT2D eigenvalue weighted by atomic mass is 35.5. The third-order valence-electron chi connectivity index (χ3n) is 3.63. The zero-order valence-electron chi connectivity index (χ0n) is 14.5. The van der Waals surface area contributed by atoms with Crippen molar-refractivity contribution < 1.29 is 14.4 Å². The molecule has 6 nitrogen and oxygen atoms in total. The molecule has 2 rings (SSSR count). The molecule has 138 valence electrons. The molecule has 2 aromatic carbocycles. The average molecular weight is 397 g/mol. The molecule has 0 saturated carbocycles. The molecule has 0 aliphatic carbocycles. The standard InChI is InChI=1S/C18H18Cl2N2O4/c1-4-11(2)26-18-15(20)7-12(8-17(18)25-3)10-21-13-5-6-14(19)16(9-13)22(23)24/h5-11H,4H2,1-3H3/t11-/m0/s1. The maximum absolute atomic E-state index is 10.9. The van der Waals surface area contributed by atoms with E-state index in [1.165, 1.54) is 25.5 Å². The number of ether oxygens (including phenoxy) is 2. The number of benzene rings is 2. The van der Waals surface area contributed by atoms with Crippen molar-refractivity contribution >= 4 is 40.8 Å². The van der Waals surface area contributed by atoms with Crippen molar-refractivity contribution in [2.75, 3.05) is 7.11 Å². The summed E-state index contributed by atoms with van der Waals surface area (Å²) in [7, 11) is 1.53. The number of nitro benzene ring substituents is 1. The molecule has 0 unspecified atom stereocenters. The molecule has 0 aliphatic rings. The first-order valence-electron chi connectivity index (χ1n) is 7.87. The molecular formula is C18H18Cl2N2O4. The topological polar surface area (TPSA) is 74.0 Å². The van der Waals surface area contributed by atoms with Crippen LogP contribution in [0.3, 0.4) is 0 Å². The highest BCUT2D eigenvalue weighted by Crippen LogP contribution is 2.37. The quantitative estimate of drug-likeness (QED) is 0.334. The van der Waals surface area contributed by atoms with Gasteiger partial charge in [-0.3, -0.25) is 15.1 Å². The Morgan fingerprint density at radius 3 is 2.62 bits per heavy atom. The van der Waals surface area contributed by atoms with Crippen molar-refractivity contribution in [3.63, 3.8) is 0 Å². The Morgan fingerprint density at radius 2 is 2.00 bits per heavy atom. The van der Waals surface area contributed by atoms with Gasteiger partial charge in [0.15, 0.2) is 11.5 Å². The van der Waals surface area contributed by atoms with Crippen molar-refractivity contribution in [1.82, 2.24) is 0 Å². The normalized spacial score (nSPS) is 12.2. The lowest BCUT2D eigenvalue weighted by molar-refractivity contribution is -0.384. The predicted molar refractivity (Wildman–Crippen MR) is 104 cm³/mol. The Kier molecular flexibility index (Phi) is 6.83. The average Bonchev–Trinajstić information content (AvgIpc) is 2.62. The first-order chi connectivity index (χ1) is 12.3. The molecule has 0 N–H and O–H groups in total. The van der Waals surface area contributed by atoms with Gasteiger partial charge in [-0.2, -0.15) is 0 Å². The lowest BCUT2D eigenvalue weighted by Crippen LogP contribution is -2.11. The van der Waals surface area contributed by atoms with Crippen molar-refractivity contribution in [3.05, 3.63) is 56.1 Å². The van der Waals surface area contributed by atoms with Crippen LogP contribution in [-0.4, -0.2) is 24.4 Å². The van der Waals surface area contributed by atoms with Crippen LogP contribution in [0, 0.1) is 10.1 Å². The van der Waals surface area contributed by atoms with Gasteiger partial charge in [0, 0.05) is 12.3 Å². The van der Waals surface area contributed by atoms with Crippen molar-refractivity contribution in [2.45, 2.75) is 26.4 Å². The lowest BCUT2D eigenvalue weighted by atomic mass is 10.2. The second-order valence-electron chi connectivity index (χ2n) is 5.52. The van der Waals surface area contributed by atoms with Crippen LogP contribution in [-0.2, 0) is 0 Å². The van der Waals surface area contributed by atoms with E-state index < -0.39 is 4.92 Å². The molecule has 0 fully saturated rings. The van der Waals surface area contributed by atoms with Gasteiger partial charge in [-0.05, 0) is 43.2 Å². The number of rotatable bonds is 7. The Balaban J connectivity index is 2.32. The summed E-state index contributed by atoms with van der Waals surface area (Å²) >= 11 is 12.1. The minimum absolute atomic E-state index is 0.00414.